The van der Waals surface area contributed by atoms with E-state index in [1.165, 1.54) is 5.56 Å². The molecule has 0 unspecified atom stereocenters. The number of hydrogen-bond acceptors (Lipinski definition) is 4. The second-order valence-corrected chi connectivity index (χ2v) is 6.52. The molecule has 0 saturated carbocycles. The van der Waals surface area contributed by atoms with Crippen LogP contribution in [0.15, 0.2) is 48.5 Å². The van der Waals surface area contributed by atoms with Gasteiger partial charge in [-0.15, -0.1) is 0 Å². The fourth-order valence-electron chi connectivity index (χ4n) is 3.07. The smallest absolute Gasteiger partial charge is 0.319 e. The number of para-hydroxylation sites is 1. The summed E-state index contributed by atoms with van der Waals surface area (Å²) in [5.74, 6) is 0.766. The fraction of sp³-hybridized carbons (Fsp3) is 0.381. The van der Waals surface area contributed by atoms with Crippen LogP contribution < -0.4 is 15.4 Å². The van der Waals surface area contributed by atoms with E-state index in [0.717, 1.165) is 56.3 Å². The number of nitrogens with zero attached hydrogens (tertiary/aromatic N) is 1. The first-order valence-electron chi connectivity index (χ1n) is 9.30. The van der Waals surface area contributed by atoms with E-state index in [0.29, 0.717) is 6.54 Å². The molecule has 1 aliphatic heterocycles. The number of nitrogens with one attached hydrogen (secondary N) is 2. The number of urea groups is 1. The Balaban J connectivity index is 1.44. The van der Waals surface area contributed by atoms with Crippen molar-refractivity contribution in [3.63, 3.8) is 0 Å². The van der Waals surface area contributed by atoms with Crippen LogP contribution in [-0.2, 0) is 17.7 Å². The lowest BCUT2D eigenvalue weighted by atomic mass is 10.1. The molecule has 144 valence electrons. The Morgan fingerprint density at radius 1 is 1.11 bits per heavy atom. The molecule has 0 atom stereocenters. The molecule has 0 spiro atoms. The fourth-order valence-corrected chi connectivity index (χ4v) is 3.07. The van der Waals surface area contributed by atoms with Crippen molar-refractivity contribution in [2.75, 3.05) is 45.3 Å². The molecule has 2 amide bonds. The molecule has 6 heteroatoms. The molecule has 2 aromatic rings. The average Bonchev–Trinajstić information content (AvgIpc) is 2.72. The lowest BCUT2D eigenvalue weighted by molar-refractivity contribution is 0.0384. The molecule has 0 aliphatic carbocycles. The third-order valence-corrected chi connectivity index (χ3v) is 4.66. The molecule has 1 heterocycles. The number of rotatable bonds is 7. The Morgan fingerprint density at radius 3 is 2.59 bits per heavy atom. The number of hydrogen-bond donors (Lipinski definition) is 2. The van der Waals surface area contributed by atoms with E-state index in [4.69, 9.17) is 9.47 Å². The van der Waals surface area contributed by atoms with Crippen molar-refractivity contribution in [1.82, 2.24) is 10.2 Å². The van der Waals surface area contributed by atoms with Crippen LogP contribution in [0.2, 0.25) is 0 Å². The summed E-state index contributed by atoms with van der Waals surface area (Å²) in [7, 11) is 1.62. The highest BCUT2D eigenvalue weighted by Gasteiger charge is 2.10. The second-order valence-electron chi connectivity index (χ2n) is 6.52. The Hall–Kier alpha value is -2.57. The molecule has 0 radical (unpaired) electrons. The molecule has 27 heavy (non-hydrogen) atoms. The lowest BCUT2D eigenvalue weighted by Gasteiger charge is -2.26. The summed E-state index contributed by atoms with van der Waals surface area (Å²) in [6.07, 6.45) is 1.00. The van der Waals surface area contributed by atoms with Crippen LogP contribution in [0.1, 0.15) is 11.1 Å². The molecule has 0 aromatic heterocycles. The predicted molar refractivity (Wildman–Crippen MR) is 106 cm³/mol. The summed E-state index contributed by atoms with van der Waals surface area (Å²) >= 11 is 0. The minimum Gasteiger partial charge on any atom is -0.496 e. The van der Waals surface area contributed by atoms with E-state index >= 15 is 0 Å². The summed E-state index contributed by atoms with van der Waals surface area (Å²) < 4.78 is 10.7. The van der Waals surface area contributed by atoms with Gasteiger partial charge >= 0.3 is 6.03 Å². The van der Waals surface area contributed by atoms with Gasteiger partial charge in [0.05, 0.1) is 20.3 Å². The van der Waals surface area contributed by atoms with Gasteiger partial charge in [-0.05, 0) is 30.2 Å². The summed E-state index contributed by atoms with van der Waals surface area (Å²) in [6, 6.07) is 15.4. The maximum atomic E-state index is 12.1. The Labute approximate surface area is 160 Å². The molecule has 2 aromatic carbocycles. The highest BCUT2D eigenvalue weighted by Crippen LogP contribution is 2.17. The third-order valence-electron chi connectivity index (χ3n) is 4.66. The van der Waals surface area contributed by atoms with Gasteiger partial charge < -0.3 is 20.1 Å². The molecule has 0 bridgehead atoms. The first-order valence-corrected chi connectivity index (χ1v) is 9.30. The summed E-state index contributed by atoms with van der Waals surface area (Å²) in [4.78, 5) is 14.5. The van der Waals surface area contributed by atoms with Crippen LogP contribution in [0, 0.1) is 0 Å². The van der Waals surface area contributed by atoms with Crippen LogP contribution in [0.25, 0.3) is 0 Å². The van der Waals surface area contributed by atoms with Crippen molar-refractivity contribution < 1.29 is 14.3 Å². The highest BCUT2D eigenvalue weighted by atomic mass is 16.5. The zero-order valence-electron chi connectivity index (χ0n) is 15.7. The van der Waals surface area contributed by atoms with Crippen molar-refractivity contribution in [3.8, 4) is 5.75 Å². The Bertz CT molecular complexity index is 728. The van der Waals surface area contributed by atoms with Crippen molar-refractivity contribution in [1.29, 1.82) is 0 Å². The molecular weight excluding hydrogens is 342 g/mol. The summed E-state index contributed by atoms with van der Waals surface area (Å²) in [5, 5.41) is 5.72. The van der Waals surface area contributed by atoms with E-state index in [9.17, 15) is 4.79 Å². The van der Waals surface area contributed by atoms with E-state index < -0.39 is 0 Å². The third kappa shape index (κ3) is 5.98. The number of carbonyl (C=O) groups is 1. The zero-order valence-corrected chi connectivity index (χ0v) is 15.7. The molecule has 1 aliphatic rings. The van der Waals surface area contributed by atoms with Crippen LogP contribution in [0.4, 0.5) is 10.5 Å². The SMILES string of the molecule is COc1ccccc1CNC(=O)Nc1ccc(CCN2CCOCC2)cc1. The van der Waals surface area contributed by atoms with Crippen LogP contribution in [-0.4, -0.2) is 50.9 Å². The number of anilines is 1. The van der Waals surface area contributed by atoms with Crippen LogP contribution in [0.3, 0.4) is 0 Å². The molecule has 3 rings (SSSR count). The minimum atomic E-state index is -0.234. The minimum absolute atomic E-state index is 0.234. The lowest BCUT2D eigenvalue weighted by Crippen LogP contribution is -2.37. The molecular formula is C21H27N3O3. The number of methoxy groups -OCH3 is 1. The summed E-state index contributed by atoms with van der Waals surface area (Å²) in [5.41, 5.74) is 2.98. The Morgan fingerprint density at radius 2 is 1.85 bits per heavy atom. The maximum absolute atomic E-state index is 12.1. The second kappa shape index (κ2) is 9.94. The van der Waals surface area contributed by atoms with Gasteiger partial charge in [-0.3, -0.25) is 4.90 Å². The standard InChI is InChI=1S/C21H27N3O3/c1-26-20-5-3-2-4-18(20)16-22-21(25)23-19-8-6-17(7-9-19)10-11-24-12-14-27-15-13-24/h2-9H,10-16H2,1H3,(H2,22,23,25). The van der Waals surface area contributed by atoms with Crippen molar-refractivity contribution in [3.05, 3.63) is 59.7 Å². The van der Waals surface area contributed by atoms with Gasteiger partial charge in [-0.25, -0.2) is 4.79 Å². The van der Waals surface area contributed by atoms with Gasteiger partial charge in [-0.1, -0.05) is 30.3 Å². The monoisotopic (exact) mass is 369 g/mol. The Kier molecular flexibility index (Phi) is 7.07. The van der Waals surface area contributed by atoms with Crippen molar-refractivity contribution >= 4 is 11.7 Å². The number of morpholine rings is 1. The van der Waals surface area contributed by atoms with Gasteiger partial charge in [0.1, 0.15) is 5.75 Å². The van der Waals surface area contributed by atoms with Gasteiger partial charge in [0.25, 0.3) is 0 Å². The van der Waals surface area contributed by atoms with Gasteiger partial charge in [0.15, 0.2) is 0 Å². The van der Waals surface area contributed by atoms with E-state index in [2.05, 4.69) is 27.7 Å². The number of carbonyl (C=O) groups excluding carboxylic acids is 1. The van der Waals surface area contributed by atoms with Gasteiger partial charge in [-0.2, -0.15) is 0 Å². The van der Waals surface area contributed by atoms with Crippen LogP contribution in [0.5, 0.6) is 5.75 Å². The largest absolute Gasteiger partial charge is 0.496 e. The van der Waals surface area contributed by atoms with E-state index in [1.54, 1.807) is 7.11 Å². The predicted octanol–water partition coefficient (Wildman–Crippen LogP) is 2.89. The van der Waals surface area contributed by atoms with Gasteiger partial charge in [0.2, 0.25) is 0 Å². The quantitative estimate of drug-likeness (QED) is 0.788. The molecule has 6 nitrogen and oxygen atoms in total. The highest BCUT2D eigenvalue weighted by molar-refractivity contribution is 5.89. The zero-order chi connectivity index (χ0) is 18.9. The van der Waals surface area contributed by atoms with E-state index in [-0.39, 0.29) is 6.03 Å². The van der Waals surface area contributed by atoms with Crippen LogP contribution >= 0.6 is 0 Å². The average molecular weight is 369 g/mol. The number of benzene rings is 2. The molecule has 2 N–H and O–H groups in total. The van der Waals surface area contributed by atoms with Crippen molar-refractivity contribution in [2.45, 2.75) is 13.0 Å². The normalized spacial score (nSPS) is 14.6. The van der Waals surface area contributed by atoms with Gasteiger partial charge in [0, 0.05) is 37.4 Å². The first-order chi connectivity index (χ1) is 13.2. The first kappa shape index (κ1) is 19.2. The number of amides is 2. The number of ether oxygens (including phenoxy) is 2. The van der Waals surface area contributed by atoms with Crippen molar-refractivity contribution in [2.24, 2.45) is 0 Å². The topological polar surface area (TPSA) is 62.8 Å². The molecule has 1 saturated heterocycles. The summed E-state index contributed by atoms with van der Waals surface area (Å²) in [6.45, 7) is 5.11. The maximum Gasteiger partial charge on any atom is 0.319 e. The molecule has 1 fully saturated rings. The van der Waals surface area contributed by atoms with E-state index in [1.807, 2.05) is 36.4 Å².